The maximum absolute atomic E-state index is 12.6. The summed E-state index contributed by atoms with van der Waals surface area (Å²) in [5, 5.41) is 0. The Morgan fingerprint density at radius 1 is 1.00 bits per heavy atom. The van der Waals surface area contributed by atoms with Crippen LogP contribution in [0.15, 0.2) is 48.5 Å². The number of fused-ring (bicyclic) bond motifs is 1. The molecule has 2 aromatic carbocycles. The summed E-state index contributed by atoms with van der Waals surface area (Å²) >= 11 is 0. The third-order valence-corrected chi connectivity index (χ3v) is 3.26. The summed E-state index contributed by atoms with van der Waals surface area (Å²) in [4.78, 5) is 0. The van der Waals surface area contributed by atoms with Crippen molar-refractivity contribution < 1.29 is 17.8 Å². The van der Waals surface area contributed by atoms with E-state index in [0.29, 0.717) is 5.56 Å². The first-order valence-electron chi connectivity index (χ1n) is 5.92. The Labute approximate surface area is 109 Å². The molecule has 0 atom stereocenters. The van der Waals surface area contributed by atoms with Gasteiger partial charge >= 0.3 is 13.1 Å². The zero-order valence-electron chi connectivity index (χ0n) is 9.95. The molecule has 0 aliphatic carbocycles. The first kappa shape index (κ1) is 12.3. The molecule has 0 fully saturated rings. The molecule has 0 amide bonds. The van der Waals surface area contributed by atoms with Crippen molar-refractivity contribution in [2.45, 2.75) is 12.8 Å². The molecule has 0 N–H and O–H groups in total. The first-order valence-corrected chi connectivity index (χ1v) is 5.92. The summed E-state index contributed by atoms with van der Waals surface area (Å²) in [7, 11) is 0. The average molecular weight is 262 g/mol. The summed E-state index contributed by atoms with van der Waals surface area (Å²) < 4.78 is 43.5. The second-order valence-corrected chi connectivity index (χ2v) is 4.51. The van der Waals surface area contributed by atoms with Crippen LogP contribution < -0.4 is 10.9 Å². The molecule has 0 aromatic heterocycles. The van der Waals surface area contributed by atoms with Gasteiger partial charge in [0.1, 0.15) is 0 Å². The highest BCUT2D eigenvalue weighted by molar-refractivity contribution is 6.81. The monoisotopic (exact) mass is 262 g/mol. The fourth-order valence-electron chi connectivity index (χ4n) is 2.33. The molecule has 2 aromatic rings. The minimum absolute atomic E-state index is 0.221. The van der Waals surface area contributed by atoms with E-state index in [9.17, 15) is 13.2 Å². The van der Waals surface area contributed by atoms with Gasteiger partial charge in [-0.3, -0.25) is 0 Å². The van der Waals surface area contributed by atoms with E-state index in [4.69, 9.17) is 4.65 Å². The van der Waals surface area contributed by atoms with Crippen LogP contribution in [0.3, 0.4) is 0 Å². The quantitative estimate of drug-likeness (QED) is 0.717. The molecule has 0 bridgehead atoms. The van der Waals surface area contributed by atoms with Crippen molar-refractivity contribution in [1.29, 1.82) is 0 Å². The van der Waals surface area contributed by atoms with E-state index >= 15 is 0 Å². The molecule has 5 heteroatoms. The molecule has 0 radical (unpaired) electrons. The van der Waals surface area contributed by atoms with Crippen LogP contribution in [0.4, 0.5) is 13.2 Å². The fraction of sp³-hybridized carbons (Fsp3) is 0.143. The van der Waals surface area contributed by atoms with Gasteiger partial charge in [0, 0.05) is 0 Å². The van der Waals surface area contributed by atoms with Crippen molar-refractivity contribution in [3.63, 3.8) is 0 Å². The van der Waals surface area contributed by atoms with Crippen LogP contribution in [0.5, 0.6) is 0 Å². The molecule has 0 unspecified atom stereocenters. The van der Waals surface area contributed by atoms with Gasteiger partial charge in [-0.05, 0) is 22.6 Å². The predicted molar refractivity (Wildman–Crippen MR) is 67.7 cm³/mol. The molecule has 19 heavy (non-hydrogen) atoms. The zero-order chi connectivity index (χ0) is 13.5. The van der Waals surface area contributed by atoms with Crippen LogP contribution in [-0.4, -0.2) is 6.92 Å². The van der Waals surface area contributed by atoms with E-state index in [1.807, 2.05) is 30.3 Å². The minimum atomic E-state index is -4.31. The Kier molecular flexibility index (Phi) is 2.86. The maximum Gasteiger partial charge on any atom is 0.416 e. The molecule has 96 valence electrons. The van der Waals surface area contributed by atoms with Crippen LogP contribution in [0, 0.1) is 0 Å². The molecular formula is C14H10BF3O. The predicted octanol–water partition coefficient (Wildman–Crippen LogP) is 2.34. The lowest BCUT2D eigenvalue weighted by atomic mass is 9.56. The van der Waals surface area contributed by atoms with E-state index in [-0.39, 0.29) is 13.5 Å². The molecule has 1 aliphatic rings. The lowest BCUT2D eigenvalue weighted by molar-refractivity contribution is -0.137. The second kappa shape index (κ2) is 4.42. The summed E-state index contributed by atoms with van der Waals surface area (Å²) in [6.07, 6.45) is -4.31. The van der Waals surface area contributed by atoms with Crippen LogP contribution >= 0.6 is 0 Å². The third kappa shape index (κ3) is 2.26. The minimum Gasteiger partial charge on any atom is -0.423 e. The van der Waals surface area contributed by atoms with Gasteiger partial charge in [0.2, 0.25) is 0 Å². The first-order chi connectivity index (χ1) is 9.05. The van der Waals surface area contributed by atoms with E-state index < -0.39 is 11.7 Å². The van der Waals surface area contributed by atoms with E-state index in [0.717, 1.165) is 17.0 Å². The highest BCUT2D eigenvalue weighted by Gasteiger charge is 2.35. The summed E-state index contributed by atoms with van der Waals surface area (Å²) in [5.41, 5.74) is 1.77. The topological polar surface area (TPSA) is 9.23 Å². The molecular weight excluding hydrogens is 252 g/mol. The Bertz CT molecular complexity index is 595. The highest BCUT2D eigenvalue weighted by atomic mass is 19.4. The fourth-order valence-corrected chi connectivity index (χ4v) is 2.33. The Morgan fingerprint density at radius 2 is 1.74 bits per heavy atom. The lowest BCUT2D eigenvalue weighted by Crippen LogP contribution is -2.41. The summed E-state index contributed by atoms with van der Waals surface area (Å²) in [6, 6.07) is 13.3. The van der Waals surface area contributed by atoms with Gasteiger partial charge < -0.3 is 4.65 Å². The molecule has 1 heterocycles. The van der Waals surface area contributed by atoms with Crippen molar-refractivity contribution in [3.8, 4) is 0 Å². The van der Waals surface area contributed by atoms with Crippen molar-refractivity contribution in [2.75, 3.05) is 0 Å². The average Bonchev–Trinajstić information content (AvgIpc) is 2.81. The maximum atomic E-state index is 12.6. The van der Waals surface area contributed by atoms with Crippen LogP contribution in [0.25, 0.3) is 0 Å². The summed E-state index contributed by atoms with van der Waals surface area (Å²) in [5.74, 6) is 0. The standard InChI is InChI=1S/C14H10BF3O/c16-14(17,18)11-6-7-13-10(8-11)9-19-15(13)12-4-2-1-3-5-12/h1-8H,9H2. The number of halogens is 3. The normalized spacial score (nSPS) is 14.6. The number of hydrogen-bond donors (Lipinski definition) is 0. The molecule has 0 saturated heterocycles. The molecule has 1 nitrogen and oxygen atoms in total. The van der Waals surface area contributed by atoms with E-state index in [2.05, 4.69) is 0 Å². The number of alkyl halides is 3. The molecule has 0 saturated carbocycles. The van der Waals surface area contributed by atoms with Crippen molar-refractivity contribution in [1.82, 2.24) is 0 Å². The third-order valence-electron chi connectivity index (χ3n) is 3.26. The van der Waals surface area contributed by atoms with Gasteiger partial charge in [-0.2, -0.15) is 13.2 Å². The van der Waals surface area contributed by atoms with Crippen LogP contribution in [-0.2, 0) is 17.4 Å². The molecule has 0 spiro atoms. The van der Waals surface area contributed by atoms with Gasteiger partial charge in [-0.15, -0.1) is 0 Å². The van der Waals surface area contributed by atoms with Gasteiger partial charge in [-0.1, -0.05) is 42.5 Å². The zero-order valence-corrected chi connectivity index (χ0v) is 9.95. The van der Waals surface area contributed by atoms with E-state index in [1.165, 1.54) is 12.1 Å². The van der Waals surface area contributed by atoms with E-state index in [1.54, 1.807) is 0 Å². The lowest BCUT2D eigenvalue weighted by Gasteiger charge is -2.09. The largest absolute Gasteiger partial charge is 0.423 e. The van der Waals surface area contributed by atoms with Gasteiger partial charge in [0.05, 0.1) is 12.2 Å². The Hall–Kier alpha value is -1.75. The van der Waals surface area contributed by atoms with Crippen LogP contribution in [0.1, 0.15) is 11.1 Å². The number of hydrogen-bond acceptors (Lipinski definition) is 1. The van der Waals surface area contributed by atoms with Crippen molar-refractivity contribution >= 4 is 17.8 Å². The SMILES string of the molecule is FC(F)(F)c1ccc2c(c1)COB2c1ccccc1. The summed E-state index contributed by atoms with van der Waals surface area (Å²) in [6.45, 7) is -0.0442. The number of benzene rings is 2. The van der Waals surface area contributed by atoms with Crippen molar-refractivity contribution in [3.05, 3.63) is 59.7 Å². The number of rotatable bonds is 1. The van der Waals surface area contributed by atoms with Gasteiger partial charge in [-0.25, -0.2) is 0 Å². The van der Waals surface area contributed by atoms with Gasteiger partial charge in [0.25, 0.3) is 0 Å². The van der Waals surface area contributed by atoms with Crippen molar-refractivity contribution in [2.24, 2.45) is 0 Å². The molecule has 1 aliphatic heterocycles. The highest BCUT2D eigenvalue weighted by Crippen LogP contribution is 2.30. The van der Waals surface area contributed by atoms with Crippen LogP contribution in [0.2, 0.25) is 0 Å². The smallest absolute Gasteiger partial charge is 0.416 e. The second-order valence-electron chi connectivity index (χ2n) is 4.51. The molecule has 3 rings (SSSR count). The van der Waals surface area contributed by atoms with Gasteiger partial charge in [0.15, 0.2) is 0 Å². The Balaban J connectivity index is 1.99. The Morgan fingerprint density at radius 3 is 2.42 bits per heavy atom.